The molecule has 1 saturated heterocycles. The minimum Gasteiger partial charge on any atom is -0.381 e. The van der Waals surface area contributed by atoms with Gasteiger partial charge in [-0.15, -0.1) is 0 Å². The highest BCUT2D eigenvalue weighted by Crippen LogP contribution is 2.38. The first-order chi connectivity index (χ1) is 12.9. The normalized spacial score (nSPS) is 21.1. The van der Waals surface area contributed by atoms with E-state index in [1.54, 1.807) is 30.3 Å². The first-order valence-electron chi connectivity index (χ1n) is 8.06. The van der Waals surface area contributed by atoms with Crippen LogP contribution >= 0.6 is 23.2 Å². The van der Waals surface area contributed by atoms with Crippen LogP contribution in [0.2, 0.25) is 10.0 Å². The second-order valence-corrected chi connectivity index (χ2v) is 7.13. The largest absolute Gasteiger partial charge is 0.381 e. The van der Waals surface area contributed by atoms with Crippen LogP contribution in [0.3, 0.4) is 0 Å². The summed E-state index contributed by atoms with van der Waals surface area (Å²) in [4.78, 5) is 44.5. The first kappa shape index (κ1) is 17.7. The highest BCUT2D eigenvalue weighted by Gasteiger charge is 2.57. The summed E-state index contributed by atoms with van der Waals surface area (Å²) in [6.45, 7) is 1.90. The third-order valence-electron chi connectivity index (χ3n) is 4.51. The number of oxime groups is 1. The molecule has 4 rings (SSSR count). The highest BCUT2D eigenvalue weighted by molar-refractivity contribution is 6.53. The summed E-state index contributed by atoms with van der Waals surface area (Å²) in [7, 11) is 0. The molecule has 2 aromatic rings. The van der Waals surface area contributed by atoms with Crippen molar-refractivity contribution in [3.63, 3.8) is 0 Å². The molecule has 2 aliphatic heterocycles. The van der Waals surface area contributed by atoms with E-state index in [2.05, 4.69) is 5.16 Å². The van der Waals surface area contributed by atoms with Gasteiger partial charge in [0, 0.05) is 10.6 Å². The number of carbonyl (C=O) groups excluding carboxylic acids is 3. The fraction of sp³-hybridized carbons (Fsp3) is 0.158. The number of Topliss-reactive ketones (excluding diaryl/α,β-unsaturated/α-hetero) is 1. The van der Waals surface area contributed by atoms with Crippen LogP contribution in [0.5, 0.6) is 0 Å². The number of anilines is 1. The molecule has 6 nitrogen and oxygen atoms in total. The van der Waals surface area contributed by atoms with Crippen molar-refractivity contribution in [3.05, 3.63) is 63.6 Å². The Morgan fingerprint density at radius 1 is 1.07 bits per heavy atom. The molecule has 0 saturated carbocycles. The van der Waals surface area contributed by atoms with Crippen LogP contribution in [0.1, 0.15) is 15.9 Å². The summed E-state index contributed by atoms with van der Waals surface area (Å²) < 4.78 is 0. The third-order valence-corrected chi connectivity index (χ3v) is 5.06. The SMILES string of the molecule is Cc1ccc(C(=O)C2=NO[C@@H]3C(=O)N(c4cc(Cl)ccc4Cl)C(=O)[C@H]23)cc1. The number of aryl methyl sites for hydroxylation is 1. The van der Waals surface area contributed by atoms with Crippen molar-refractivity contribution in [2.45, 2.75) is 13.0 Å². The van der Waals surface area contributed by atoms with E-state index in [-0.39, 0.29) is 16.4 Å². The monoisotopic (exact) mass is 402 g/mol. The number of hydrogen-bond acceptors (Lipinski definition) is 5. The van der Waals surface area contributed by atoms with Gasteiger partial charge in [-0.05, 0) is 25.1 Å². The minimum absolute atomic E-state index is 0.0946. The van der Waals surface area contributed by atoms with E-state index in [0.717, 1.165) is 10.5 Å². The second-order valence-electron chi connectivity index (χ2n) is 6.28. The fourth-order valence-corrected chi connectivity index (χ4v) is 3.48. The van der Waals surface area contributed by atoms with Crippen LogP contribution in [0, 0.1) is 12.8 Å². The summed E-state index contributed by atoms with van der Waals surface area (Å²) >= 11 is 12.1. The second kappa shape index (κ2) is 6.48. The average Bonchev–Trinajstić information content (AvgIpc) is 3.18. The quantitative estimate of drug-likeness (QED) is 0.581. The maximum atomic E-state index is 13.0. The number of rotatable bonds is 3. The lowest BCUT2D eigenvalue weighted by atomic mass is 9.93. The Bertz CT molecular complexity index is 1020. The number of carbonyl (C=O) groups is 3. The Kier molecular flexibility index (Phi) is 4.25. The van der Waals surface area contributed by atoms with Crippen molar-refractivity contribution in [1.29, 1.82) is 0 Å². The van der Waals surface area contributed by atoms with Crippen molar-refractivity contribution in [3.8, 4) is 0 Å². The summed E-state index contributed by atoms with van der Waals surface area (Å²) in [5.41, 5.74) is 1.41. The molecule has 2 aromatic carbocycles. The fourth-order valence-electron chi connectivity index (χ4n) is 3.11. The van der Waals surface area contributed by atoms with Gasteiger partial charge in [0.2, 0.25) is 17.8 Å². The Morgan fingerprint density at radius 2 is 1.78 bits per heavy atom. The molecule has 0 radical (unpaired) electrons. The van der Waals surface area contributed by atoms with Gasteiger partial charge < -0.3 is 4.84 Å². The van der Waals surface area contributed by atoms with Gasteiger partial charge in [0.25, 0.3) is 5.91 Å². The molecule has 2 aliphatic rings. The molecule has 1 fully saturated rings. The summed E-state index contributed by atoms with van der Waals surface area (Å²) in [5.74, 6) is -2.82. The molecule has 0 aromatic heterocycles. The van der Waals surface area contributed by atoms with Gasteiger partial charge in [-0.1, -0.05) is 58.2 Å². The van der Waals surface area contributed by atoms with Crippen LogP contribution in [-0.2, 0) is 14.4 Å². The lowest BCUT2D eigenvalue weighted by molar-refractivity contribution is -0.126. The van der Waals surface area contributed by atoms with E-state index >= 15 is 0 Å². The molecule has 8 heteroatoms. The van der Waals surface area contributed by atoms with Crippen LogP contribution in [-0.4, -0.2) is 29.4 Å². The predicted octanol–water partition coefficient (Wildman–Crippen LogP) is 3.43. The summed E-state index contributed by atoms with van der Waals surface area (Å²) in [6, 6.07) is 11.3. The van der Waals surface area contributed by atoms with Gasteiger partial charge >= 0.3 is 0 Å². The van der Waals surface area contributed by atoms with Crippen molar-refractivity contribution >= 4 is 52.2 Å². The molecule has 0 bridgehead atoms. The average molecular weight is 403 g/mol. The maximum Gasteiger partial charge on any atom is 0.279 e. The van der Waals surface area contributed by atoms with Crippen LogP contribution < -0.4 is 4.90 Å². The van der Waals surface area contributed by atoms with Crippen LogP contribution in [0.4, 0.5) is 5.69 Å². The molecule has 0 N–H and O–H groups in total. The summed E-state index contributed by atoms with van der Waals surface area (Å²) in [6.07, 6.45) is -1.18. The van der Waals surface area contributed by atoms with Crippen molar-refractivity contribution in [2.24, 2.45) is 11.1 Å². The van der Waals surface area contributed by atoms with Crippen LogP contribution in [0.15, 0.2) is 47.6 Å². The van der Waals surface area contributed by atoms with Crippen molar-refractivity contribution < 1.29 is 19.2 Å². The van der Waals surface area contributed by atoms with Gasteiger partial charge in [0.15, 0.2) is 0 Å². The number of halogens is 2. The maximum absolute atomic E-state index is 13.0. The smallest absolute Gasteiger partial charge is 0.279 e. The lowest BCUT2D eigenvalue weighted by Crippen LogP contribution is -2.34. The molecule has 136 valence electrons. The third kappa shape index (κ3) is 2.81. The van der Waals surface area contributed by atoms with Gasteiger partial charge in [0.1, 0.15) is 11.6 Å². The number of ketones is 1. The molecule has 0 spiro atoms. The van der Waals surface area contributed by atoms with E-state index in [9.17, 15) is 14.4 Å². The van der Waals surface area contributed by atoms with Gasteiger partial charge in [-0.3, -0.25) is 14.4 Å². The zero-order chi connectivity index (χ0) is 19.3. The first-order valence-corrected chi connectivity index (χ1v) is 8.82. The zero-order valence-corrected chi connectivity index (χ0v) is 15.5. The van der Waals surface area contributed by atoms with Gasteiger partial charge in [-0.25, -0.2) is 4.90 Å². The van der Waals surface area contributed by atoms with E-state index < -0.39 is 29.6 Å². The lowest BCUT2D eigenvalue weighted by Gasteiger charge is -2.17. The number of hydrogen-bond donors (Lipinski definition) is 0. The highest BCUT2D eigenvalue weighted by atomic mass is 35.5. The van der Waals surface area contributed by atoms with Crippen molar-refractivity contribution in [2.75, 3.05) is 4.90 Å². The number of benzene rings is 2. The number of fused-ring (bicyclic) bond motifs is 1. The van der Waals surface area contributed by atoms with Crippen molar-refractivity contribution in [1.82, 2.24) is 0 Å². The molecule has 2 heterocycles. The number of amides is 2. The minimum atomic E-state index is -1.18. The standard InChI is InChI=1S/C19H12Cl2N2O4/c1-9-2-4-10(5-3-9)16(24)15-14-17(27-22-15)19(26)23(18(14)25)13-8-11(20)6-7-12(13)21/h2-8,14,17H,1H3/t14-,17+/m1/s1. The van der Waals surface area contributed by atoms with E-state index in [4.69, 9.17) is 28.0 Å². The van der Waals surface area contributed by atoms with E-state index in [1.807, 2.05) is 6.92 Å². The Morgan fingerprint density at radius 3 is 2.48 bits per heavy atom. The number of nitrogens with zero attached hydrogens (tertiary/aromatic N) is 2. The molecule has 0 aliphatic carbocycles. The Balaban J connectivity index is 1.69. The van der Waals surface area contributed by atoms with Crippen LogP contribution in [0.25, 0.3) is 0 Å². The van der Waals surface area contributed by atoms with E-state index in [0.29, 0.717) is 10.6 Å². The molecular formula is C19H12Cl2N2O4. The molecule has 0 unspecified atom stereocenters. The molecule has 27 heavy (non-hydrogen) atoms. The topological polar surface area (TPSA) is 76.0 Å². The van der Waals surface area contributed by atoms with Gasteiger partial charge in [0.05, 0.1) is 10.7 Å². The van der Waals surface area contributed by atoms with E-state index in [1.165, 1.54) is 12.1 Å². The number of imide groups is 1. The van der Waals surface area contributed by atoms with Gasteiger partial charge in [-0.2, -0.15) is 0 Å². The summed E-state index contributed by atoms with van der Waals surface area (Å²) in [5, 5.41) is 4.23. The Labute approximate surface area is 164 Å². The Hall–Kier alpha value is -2.70. The molecule has 2 amide bonds. The molecule has 2 atom stereocenters. The predicted molar refractivity (Wildman–Crippen MR) is 100 cm³/mol. The molecular weight excluding hydrogens is 391 g/mol. The zero-order valence-electron chi connectivity index (χ0n) is 14.0.